The van der Waals surface area contributed by atoms with E-state index in [2.05, 4.69) is 9.89 Å². The summed E-state index contributed by atoms with van der Waals surface area (Å²) in [6, 6.07) is 5.24. The first-order chi connectivity index (χ1) is 12.2. The second-order valence-corrected chi connectivity index (χ2v) is 6.32. The molecule has 1 saturated heterocycles. The first-order valence-electron chi connectivity index (χ1n) is 7.79. The number of likely N-dealkylation sites (tertiary alicyclic amines) is 1. The molecule has 10 heteroatoms. The summed E-state index contributed by atoms with van der Waals surface area (Å²) in [7, 11) is 0. The Morgan fingerprint density at radius 1 is 1.31 bits per heavy atom. The molecular weight excluding hydrogens is 375 g/mol. The minimum absolute atomic E-state index is 0.0813. The third-order valence-corrected chi connectivity index (χ3v) is 4.46. The minimum atomic E-state index is -4.89. The topological polar surface area (TPSA) is 81.6 Å². The predicted octanol–water partition coefficient (Wildman–Crippen LogP) is 3.83. The number of amides is 1. The van der Waals surface area contributed by atoms with Crippen LogP contribution in [0.5, 0.6) is 5.75 Å². The zero-order valence-corrected chi connectivity index (χ0v) is 14.2. The number of carbonyl (C=O) groups excluding carboxylic acids is 1. The number of alkyl halides is 3. The number of ether oxygens (including phenoxy) is 1. The molecule has 0 unspecified atom stereocenters. The Balaban J connectivity index is 1.67. The minimum Gasteiger partial charge on any atom is -0.404 e. The highest BCUT2D eigenvalue weighted by Gasteiger charge is 2.33. The van der Waals surface area contributed by atoms with Crippen LogP contribution < -0.4 is 10.5 Å². The van der Waals surface area contributed by atoms with E-state index in [1.165, 1.54) is 12.1 Å². The zero-order chi connectivity index (χ0) is 18.9. The maximum atomic E-state index is 12.6. The molecule has 1 aliphatic heterocycles. The van der Waals surface area contributed by atoms with Crippen LogP contribution in [0.2, 0.25) is 5.02 Å². The molecule has 6 nitrogen and oxygen atoms in total. The molecule has 1 aromatic heterocycles. The Bertz CT molecular complexity index is 802. The first kappa shape index (κ1) is 18.4. The molecule has 2 aromatic rings. The van der Waals surface area contributed by atoms with Crippen molar-refractivity contribution in [3.05, 3.63) is 40.5 Å². The monoisotopic (exact) mass is 389 g/mol. The van der Waals surface area contributed by atoms with Crippen LogP contribution in [0, 0.1) is 0 Å². The van der Waals surface area contributed by atoms with Crippen molar-refractivity contribution in [1.29, 1.82) is 0 Å². The highest BCUT2D eigenvalue weighted by Crippen LogP contribution is 2.32. The number of anilines is 1. The van der Waals surface area contributed by atoms with Gasteiger partial charge in [-0.15, -0.1) is 13.2 Å². The van der Waals surface area contributed by atoms with Crippen LogP contribution in [0.1, 0.15) is 34.8 Å². The van der Waals surface area contributed by atoms with Gasteiger partial charge in [-0.25, -0.2) is 0 Å². The van der Waals surface area contributed by atoms with Gasteiger partial charge in [0.2, 0.25) is 5.88 Å². The number of nitrogens with two attached hydrogens (primary N) is 1. The van der Waals surface area contributed by atoms with Gasteiger partial charge >= 0.3 is 6.36 Å². The maximum Gasteiger partial charge on any atom is 0.573 e. The van der Waals surface area contributed by atoms with Crippen molar-refractivity contribution in [3.63, 3.8) is 0 Å². The molecule has 140 valence electrons. The van der Waals surface area contributed by atoms with E-state index in [1.807, 2.05) is 0 Å². The van der Waals surface area contributed by atoms with Crippen LogP contribution in [0.15, 0.2) is 28.8 Å². The number of hydrogen-bond acceptors (Lipinski definition) is 5. The van der Waals surface area contributed by atoms with E-state index in [0.29, 0.717) is 25.9 Å². The van der Waals surface area contributed by atoms with Gasteiger partial charge in [0.15, 0.2) is 0 Å². The van der Waals surface area contributed by atoms with E-state index >= 15 is 0 Å². The van der Waals surface area contributed by atoms with E-state index in [-0.39, 0.29) is 28.3 Å². The van der Waals surface area contributed by atoms with Gasteiger partial charge in [0.1, 0.15) is 5.75 Å². The Morgan fingerprint density at radius 2 is 2.00 bits per heavy atom. The Kier molecular flexibility index (Phi) is 4.99. The molecule has 0 bridgehead atoms. The number of rotatable bonds is 3. The fourth-order valence-corrected chi connectivity index (χ4v) is 3.05. The summed E-state index contributed by atoms with van der Waals surface area (Å²) in [6.07, 6.45) is -3.59. The molecule has 0 atom stereocenters. The lowest BCUT2D eigenvalue weighted by Crippen LogP contribution is -2.38. The number of piperidine rings is 1. The van der Waals surface area contributed by atoms with Gasteiger partial charge in [0.05, 0.1) is 10.7 Å². The molecule has 1 aromatic carbocycles. The Hall–Kier alpha value is -2.42. The van der Waals surface area contributed by atoms with E-state index in [0.717, 1.165) is 11.8 Å². The molecule has 2 N–H and O–H groups in total. The van der Waals surface area contributed by atoms with Gasteiger partial charge in [-0.3, -0.25) is 4.79 Å². The van der Waals surface area contributed by atoms with Gasteiger partial charge in [0, 0.05) is 30.6 Å². The number of halogens is 4. The van der Waals surface area contributed by atoms with Gasteiger partial charge in [-0.1, -0.05) is 16.8 Å². The standard InChI is InChI=1S/C16H15ClF3N3O3/c17-11-2-1-10(7-13(11)25-16(18,19)20)15(24)23-5-3-9(4-6-23)12-8-14(21)26-22-12/h1-2,7-9H,3-6,21H2. The lowest BCUT2D eigenvalue weighted by Gasteiger charge is -2.31. The predicted molar refractivity (Wildman–Crippen MR) is 86.9 cm³/mol. The van der Waals surface area contributed by atoms with Gasteiger partial charge in [-0.2, -0.15) is 0 Å². The van der Waals surface area contributed by atoms with Gasteiger partial charge in [0.25, 0.3) is 5.91 Å². The fourth-order valence-electron chi connectivity index (χ4n) is 2.90. The lowest BCUT2D eigenvalue weighted by molar-refractivity contribution is -0.274. The summed E-state index contributed by atoms with van der Waals surface area (Å²) < 4.78 is 46.0. The smallest absolute Gasteiger partial charge is 0.404 e. The molecule has 1 amide bonds. The third kappa shape index (κ3) is 4.21. The summed E-state index contributed by atoms with van der Waals surface area (Å²) >= 11 is 5.71. The average molecular weight is 390 g/mol. The van der Waals surface area contributed by atoms with E-state index in [1.54, 1.807) is 11.0 Å². The Labute approximate surface area is 151 Å². The van der Waals surface area contributed by atoms with Gasteiger partial charge in [-0.05, 0) is 31.0 Å². The zero-order valence-electron chi connectivity index (χ0n) is 13.4. The van der Waals surface area contributed by atoms with Crippen LogP contribution in [-0.2, 0) is 0 Å². The van der Waals surface area contributed by atoms with Crippen molar-refractivity contribution in [2.24, 2.45) is 0 Å². The first-order valence-corrected chi connectivity index (χ1v) is 8.17. The van der Waals surface area contributed by atoms with E-state index in [9.17, 15) is 18.0 Å². The highest BCUT2D eigenvalue weighted by atomic mass is 35.5. The van der Waals surface area contributed by atoms with Crippen LogP contribution in [0.25, 0.3) is 0 Å². The molecule has 0 saturated carbocycles. The largest absolute Gasteiger partial charge is 0.573 e. The lowest BCUT2D eigenvalue weighted by atomic mass is 9.93. The van der Waals surface area contributed by atoms with E-state index < -0.39 is 12.1 Å². The van der Waals surface area contributed by atoms with Crippen molar-refractivity contribution in [1.82, 2.24) is 10.1 Å². The molecule has 1 fully saturated rings. The number of hydrogen-bond donors (Lipinski definition) is 1. The van der Waals surface area contributed by atoms with Crippen LogP contribution in [-0.4, -0.2) is 35.4 Å². The molecule has 2 heterocycles. The molecule has 0 spiro atoms. The number of carbonyl (C=O) groups is 1. The van der Waals surface area contributed by atoms with Crippen LogP contribution in [0.4, 0.5) is 19.1 Å². The van der Waals surface area contributed by atoms with Crippen LogP contribution >= 0.6 is 11.6 Å². The normalized spacial score (nSPS) is 15.9. The Morgan fingerprint density at radius 3 is 2.58 bits per heavy atom. The van der Waals surface area contributed by atoms with Crippen LogP contribution in [0.3, 0.4) is 0 Å². The molecule has 0 radical (unpaired) electrons. The number of aromatic nitrogens is 1. The molecule has 26 heavy (non-hydrogen) atoms. The third-order valence-electron chi connectivity index (χ3n) is 4.15. The number of benzene rings is 1. The molecular formula is C16H15ClF3N3O3. The maximum absolute atomic E-state index is 12.6. The second kappa shape index (κ2) is 7.06. The SMILES string of the molecule is Nc1cc(C2CCN(C(=O)c3ccc(Cl)c(OC(F)(F)F)c3)CC2)no1. The van der Waals surface area contributed by atoms with Crippen molar-refractivity contribution in [3.8, 4) is 5.75 Å². The number of nitrogens with zero attached hydrogens (tertiary/aromatic N) is 2. The summed E-state index contributed by atoms with van der Waals surface area (Å²) in [6.45, 7) is 0.878. The van der Waals surface area contributed by atoms with Crippen molar-refractivity contribution < 1.29 is 27.2 Å². The quantitative estimate of drug-likeness (QED) is 0.862. The summed E-state index contributed by atoms with van der Waals surface area (Å²) in [5, 5.41) is 3.66. The molecule has 1 aliphatic rings. The summed E-state index contributed by atoms with van der Waals surface area (Å²) in [4.78, 5) is 14.1. The summed E-state index contributed by atoms with van der Waals surface area (Å²) in [5.41, 5.74) is 6.33. The summed E-state index contributed by atoms with van der Waals surface area (Å²) in [5.74, 6) is -0.629. The average Bonchev–Trinajstić information content (AvgIpc) is 3.02. The van der Waals surface area contributed by atoms with E-state index in [4.69, 9.17) is 21.9 Å². The van der Waals surface area contributed by atoms with Crippen molar-refractivity contribution >= 4 is 23.4 Å². The highest BCUT2D eigenvalue weighted by molar-refractivity contribution is 6.32. The molecule has 3 rings (SSSR count). The number of nitrogen functional groups attached to an aromatic ring is 1. The van der Waals surface area contributed by atoms with Crippen molar-refractivity contribution in [2.45, 2.75) is 25.1 Å². The van der Waals surface area contributed by atoms with Crippen molar-refractivity contribution in [2.75, 3.05) is 18.8 Å². The fraction of sp³-hybridized carbons (Fsp3) is 0.375. The molecule has 0 aliphatic carbocycles. The second-order valence-electron chi connectivity index (χ2n) is 5.91. The van der Waals surface area contributed by atoms with Gasteiger partial charge < -0.3 is 19.9 Å².